The van der Waals surface area contributed by atoms with E-state index in [4.69, 9.17) is 11.6 Å². The first-order chi connectivity index (χ1) is 8.62. The molecule has 0 amide bonds. The van der Waals surface area contributed by atoms with Gasteiger partial charge >= 0.3 is 0 Å². The highest BCUT2D eigenvalue weighted by Crippen LogP contribution is 2.10. The largest absolute Gasteiger partial charge is 0.311 e. The molecule has 0 aliphatic rings. The summed E-state index contributed by atoms with van der Waals surface area (Å²) in [7, 11) is 0. The molecule has 0 fully saturated rings. The van der Waals surface area contributed by atoms with E-state index in [-0.39, 0.29) is 5.54 Å². The molecule has 0 aromatic carbocycles. The third kappa shape index (κ3) is 12.7. The zero-order valence-corrected chi connectivity index (χ0v) is 13.6. The van der Waals surface area contributed by atoms with Crippen molar-refractivity contribution in [1.29, 1.82) is 0 Å². The number of alkyl halides is 1. The molecule has 18 heavy (non-hydrogen) atoms. The summed E-state index contributed by atoms with van der Waals surface area (Å²) >= 11 is 5.86. The lowest BCUT2D eigenvalue weighted by Crippen LogP contribution is -2.41. The van der Waals surface area contributed by atoms with Gasteiger partial charge in [0.1, 0.15) is 0 Å². The number of nitrogens with one attached hydrogen (secondary N) is 1. The van der Waals surface area contributed by atoms with Gasteiger partial charge in [0.2, 0.25) is 0 Å². The van der Waals surface area contributed by atoms with Gasteiger partial charge in [0.05, 0.1) is 0 Å². The Morgan fingerprint density at radius 1 is 0.778 bits per heavy atom. The summed E-state index contributed by atoms with van der Waals surface area (Å²) in [5, 5.41) is 3.50. The molecule has 0 radical (unpaired) electrons. The summed E-state index contributed by atoms with van der Waals surface area (Å²) in [6.07, 6.45) is 14.0. The number of hydrogen-bond acceptors (Lipinski definition) is 1. The molecule has 0 rings (SSSR count). The molecule has 0 saturated carbocycles. The molecule has 1 N–H and O–H groups in total. The second kappa shape index (κ2) is 12.3. The van der Waals surface area contributed by atoms with Crippen molar-refractivity contribution < 1.29 is 0 Å². The molecule has 0 unspecified atom stereocenters. The summed E-state index contributed by atoms with van der Waals surface area (Å²) in [6.45, 7) is 7.71. The van der Waals surface area contributed by atoms with E-state index in [0.717, 1.165) is 6.54 Å². The SMILES string of the molecule is CCCCCCCCCCCCNC(C)(C)CCl. The van der Waals surface area contributed by atoms with Crippen molar-refractivity contribution in [3.05, 3.63) is 0 Å². The van der Waals surface area contributed by atoms with Gasteiger partial charge in [-0.25, -0.2) is 0 Å². The van der Waals surface area contributed by atoms with Crippen molar-refractivity contribution in [1.82, 2.24) is 5.32 Å². The van der Waals surface area contributed by atoms with Gasteiger partial charge < -0.3 is 5.32 Å². The van der Waals surface area contributed by atoms with Crippen LogP contribution >= 0.6 is 11.6 Å². The van der Waals surface area contributed by atoms with Gasteiger partial charge in [-0.2, -0.15) is 0 Å². The van der Waals surface area contributed by atoms with Crippen LogP contribution in [0.25, 0.3) is 0 Å². The molecule has 0 aliphatic heterocycles. The molecule has 0 saturated heterocycles. The molecule has 0 heterocycles. The Bertz CT molecular complexity index is 168. The quantitative estimate of drug-likeness (QED) is 0.345. The molecule has 0 atom stereocenters. The summed E-state index contributed by atoms with van der Waals surface area (Å²) in [5.41, 5.74) is 0.0980. The van der Waals surface area contributed by atoms with Gasteiger partial charge in [-0.05, 0) is 26.8 Å². The Balaban J connectivity index is 3.08. The highest BCUT2D eigenvalue weighted by atomic mass is 35.5. The van der Waals surface area contributed by atoms with Crippen LogP contribution in [0.1, 0.15) is 85.0 Å². The Hall–Kier alpha value is 0.250. The lowest BCUT2D eigenvalue weighted by molar-refractivity contribution is 0.419. The van der Waals surface area contributed by atoms with Crippen LogP contribution in [0.4, 0.5) is 0 Å². The van der Waals surface area contributed by atoms with E-state index in [0.29, 0.717) is 5.88 Å². The zero-order valence-electron chi connectivity index (χ0n) is 12.9. The molecular formula is C16H34ClN. The van der Waals surface area contributed by atoms with Crippen LogP contribution in [0.3, 0.4) is 0 Å². The average Bonchev–Trinajstić information content (AvgIpc) is 2.36. The minimum Gasteiger partial charge on any atom is -0.311 e. The van der Waals surface area contributed by atoms with E-state index in [1.165, 1.54) is 64.2 Å². The second-order valence-electron chi connectivity index (χ2n) is 6.13. The van der Waals surface area contributed by atoms with Crippen LogP contribution in [-0.4, -0.2) is 18.0 Å². The van der Waals surface area contributed by atoms with E-state index in [1.807, 2.05) is 0 Å². The molecule has 0 bridgehead atoms. The fourth-order valence-corrected chi connectivity index (χ4v) is 2.18. The number of halogens is 1. The molecule has 2 heteroatoms. The van der Waals surface area contributed by atoms with Crippen molar-refractivity contribution in [2.24, 2.45) is 0 Å². The van der Waals surface area contributed by atoms with Gasteiger partial charge in [-0.1, -0.05) is 64.7 Å². The van der Waals surface area contributed by atoms with Gasteiger partial charge in [-0.15, -0.1) is 11.6 Å². The third-order valence-electron chi connectivity index (χ3n) is 3.47. The van der Waals surface area contributed by atoms with Crippen LogP contribution in [0, 0.1) is 0 Å². The van der Waals surface area contributed by atoms with Crippen molar-refractivity contribution >= 4 is 11.6 Å². The lowest BCUT2D eigenvalue weighted by atomic mass is 10.1. The molecule has 1 nitrogen and oxygen atoms in total. The topological polar surface area (TPSA) is 12.0 Å². The fraction of sp³-hybridized carbons (Fsp3) is 1.00. The third-order valence-corrected chi connectivity index (χ3v) is 4.14. The highest BCUT2D eigenvalue weighted by molar-refractivity contribution is 6.18. The monoisotopic (exact) mass is 275 g/mol. The molecule has 110 valence electrons. The maximum absolute atomic E-state index is 5.86. The Labute approximate surface area is 120 Å². The van der Waals surface area contributed by atoms with E-state index < -0.39 is 0 Å². The fourth-order valence-electron chi connectivity index (χ4n) is 2.09. The predicted molar refractivity (Wildman–Crippen MR) is 84.6 cm³/mol. The van der Waals surface area contributed by atoms with E-state index >= 15 is 0 Å². The van der Waals surface area contributed by atoms with Gasteiger partial charge in [0, 0.05) is 11.4 Å². The van der Waals surface area contributed by atoms with E-state index in [1.54, 1.807) is 0 Å². The van der Waals surface area contributed by atoms with Crippen molar-refractivity contribution in [3.8, 4) is 0 Å². The minimum absolute atomic E-state index is 0.0980. The van der Waals surface area contributed by atoms with Crippen molar-refractivity contribution in [2.75, 3.05) is 12.4 Å². The smallest absolute Gasteiger partial charge is 0.0400 e. The van der Waals surface area contributed by atoms with Crippen LogP contribution in [0.15, 0.2) is 0 Å². The van der Waals surface area contributed by atoms with Gasteiger partial charge in [0.15, 0.2) is 0 Å². The summed E-state index contributed by atoms with van der Waals surface area (Å²) in [4.78, 5) is 0. The molecular weight excluding hydrogens is 242 g/mol. The van der Waals surface area contributed by atoms with Crippen molar-refractivity contribution in [3.63, 3.8) is 0 Å². The van der Waals surface area contributed by atoms with Crippen LogP contribution in [0.2, 0.25) is 0 Å². The van der Waals surface area contributed by atoms with Crippen LogP contribution in [0.5, 0.6) is 0 Å². The number of rotatable bonds is 13. The summed E-state index contributed by atoms with van der Waals surface area (Å²) < 4.78 is 0. The number of unbranched alkanes of at least 4 members (excludes halogenated alkanes) is 9. The van der Waals surface area contributed by atoms with Crippen molar-refractivity contribution in [2.45, 2.75) is 90.5 Å². The lowest BCUT2D eigenvalue weighted by Gasteiger charge is -2.23. The normalized spacial score (nSPS) is 12.0. The van der Waals surface area contributed by atoms with Gasteiger partial charge in [0.25, 0.3) is 0 Å². The summed E-state index contributed by atoms with van der Waals surface area (Å²) in [5.74, 6) is 0.685. The van der Waals surface area contributed by atoms with E-state index in [9.17, 15) is 0 Å². The van der Waals surface area contributed by atoms with Crippen LogP contribution < -0.4 is 5.32 Å². The minimum atomic E-state index is 0.0980. The Kier molecular flexibility index (Phi) is 12.5. The first kappa shape index (κ1) is 18.2. The number of hydrogen-bond donors (Lipinski definition) is 1. The highest BCUT2D eigenvalue weighted by Gasteiger charge is 2.13. The first-order valence-electron chi connectivity index (χ1n) is 7.93. The Morgan fingerprint density at radius 2 is 1.22 bits per heavy atom. The maximum atomic E-state index is 5.86. The second-order valence-corrected chi connectivity index (χ2v) is 6.39. The van der Waals surface area contributed by atoms with E-state index in [2.05, 4.69) is 26.1 Å². The molecule has 0 aliphatic carbocycles. The first-order valence-corrected chi connectivity index (χ1v) is 8.47. The van der Waals surface area contributed by atoms with Gasteiger partial charge in [-0.3, -0.25) is 0 Å². The molecule has 0 aromatic rings. The molecule has 0 spiro atoms. The average molecular weight is 276 g/mol. The maximum Gasteiger partial charge on any atom is 0.0400 e. The zero-order chi connectivity index (χ0) is 13.7. The Morgan fingerprint density at radius 3 is 1.67 bits per heavy atom. The van der Waals surface area contributed by atoms with Crippen LogP contribution in [-0.2, 0) is 0 Å². The predicted octanol–water partition coefficient (Wildman–Crippen LogP) is 5.51. The standard InChI is InChI=1S/C16H34ClN/c1-4-5-6-7-8-9-10-11-12-13-14-18-16(2,3)15-17/h18H,4-15H2,1-3H3. The molecule has 0 aromatic heterocycles. The summed E-state index contributed by atoms with van der Waals surface area (Å²) in [6, 6.07) is 0.